The van der Waals surface area contributed by atoms with Gasteiger partial charge in [0.05, 0.1) is 12.0 Å². The summed E-state index contributed by atoms with van der Waals surface area (Å²) in [6.07, 6.45) is 12.2. The molecule has 0 saturated heterocycles. The maximum Gasteiger partial charge on any atom is 0.161 e. The number of rotatable bonds is 5. The van der Waals surface area contributed by atoms with Gasteiger partial charge in [-0.25, -0.2) is 24.9 Å². The monoisotopic (exact) mass is 468 g/mol. The lowest BCUT2D eigenvalue weighted by Crippen LogP contribution is -2.02. The molecule has 0 aliphatic rings. The van der Waals surface area contributed by atoms with Gasteiger partial charge in [0, 0.05) is 40.0 Å². The van der Waals surface area contributed by atoms with Crippen LogP contribution in [0.1, 0.15) is 11.1 Å². The van der Waals surface area contributed by atoms with Crippen LogP contribution in [0.2, 0.25) is 0 Å². The average Bonchev–Trinajstić information content (AvgIpc) is 3.40. The van der Waals surface area contributed by atoms with Crippen LogP contribution in [0.25, 0.3) is 33.2 Å². The molecule has 4 aromatic heterocycles. The van der Waals surface area contributed by atoms with E-state index in [9.17, 15) is 0 Å². The number of hydrogen-bond donors (Lipinski definition) is 3. The van der Waals surface area contributed by atoms with Gasteiger partial charge in [-0.1, -0.05) is 24.1 Å². The molecule has 3 N–H and O–H groups in total. The lowest BCUT2D eigenvalue weighted by atomic mass is 10.0. The predicted octanol–water partition coefficient (Wildman–Crippen LogP) is 5.74. The first-order valence-corrected chi connectivity index (χ1v) is 11.3. The van der Waals surface area contributed by atoms with E-state index in [0.717, 1.165) is 44.7 Å². The molecule has 0 amide bonds. The van der Waals surface area contributed by atoms with Crippen LogP contribution in [-0.4, -0.2) is 29.9 Å². The van der Waals surface area contributed by atoms with Crippen molar-refractivity contribution >= 4 is 44.9 Å². The van der Waals surface area contributed by atoms with E-state index >= 15 is 0 Å². The van der Waals surface area contributed by atoms with Gasteiger partial charge in [0.1, 0.15) is 29.2 Å². The number of H-pyrrole nitrogens is 1. The van der Waals surface area contributed by atoms with Gasteiger partial charge < -0.3 is 15.6 Å². The Morgan fingerprint density at radius 2 is 1.75 bits per heavy atom. The third kappa shape index (κ3) is 3.75. The standard InChI is InChI=1S/C28H20N8/c1-3-18-6-4-7-19(14-18)35-26-21-10-9-17(2)23(20(21)11-13-30-26)36-27-22(8-5-12-29-27)24-25-28(33-15-31-24)34-16-32-25/h1,4-16H,2H3,(H,29,36)(H,30,35)(H,31,32,33,34). The minimum atomic E-state index is 0.671. The van der Waals surface area contributed by atoms with Gasteiger partial charge in [-0.3, -0.25) is 0 Å². The first kappa shape index (κ1) is 21.3. The van der Waals surface area contributed by atoms with Crippen LogP contribution in [0.15, 0.2) is 79.6 Å². The van der Waals surface area contributed by atoms with E-state index in [1.165, 1.54) is 6.33 Å². The van der Waals surface area contributed by atoms with Gasteiger partial charge in [0.15, 0.2) is 5.65 Å². The third-order valence-corrected chi connectivity index (χ3v) is 5.97. The van der Waals surface area contributed by atoms with Crippen molar-refractivity contribution in [1.82, 2.24) is 29.9 Å². The van der Waals surface area contributed by atoms with Crippen molar-refractivity contribution in [3.05, 3.63) is 90.8 Å². The zero-order valence-electron chi connectivity index (χ0n) is 19.3. The number of hydrogen-bond acceptors (Lipinski definition) is 7. The fourth-order valence-electron chi connectivity index (χ4n) is 4.23. The van der Waals surface area contributed by atoms with Gasteiger partial charge >= 0.3 is 0 Å². The Labute approximate surface area is 206 Å². The van der Waals surface area contributed by atoms with Crippen LogP contribution in [-0.2, 0) is 0 Å². The molecule has 6 rings (SSSR count). The number of nitrogens with zero attached hydrogens (tertiary/aromatic N) is 5. The Bertz CT molecular complexity index is 1780. The molecular formula is C28H20N8. The predicted molar refractivity (Wildman–Crippen MR) is 142 cm³/mol. The van der Waals surface area contributed by atoms with Crippen LogP contribution < -0.4 is 10.6 Å². The van der Waals surface area contributed by atoms with E-state index in [0.29, 0.717) is 22.7 Å². The molecule has 8 nitrogen and oxygen atoms in total. The quantitative estimate of drug-likeness (QED) is 0.277. The second-order valence-corrected chi connectivity index (χ2v) is 8.21. The Kier molecular flexibility index (Phi) is 5.20. The minimum absolute atomic E-state index is 0.671. The van der Waals surface area contributed by atoms with Crippen LogP contribution in [0, 0.1) is 19.3 Å². The largest absolute Gasteiger partial charge is 0.340 e. The number of benzene rings is 2. The molecule has 0 atom stereocenters. The Hall–Kier alpha value is -5.29. The van der Waals surface area contributed by atoms with Gasteiger partial charge in [0.25, 0.3) is 0 Å². The fourth-order valence-corrected chi connectivity index (χ4v) is 4.23. The van der Waals surface area contributed by atoms with E-state index in [1.807, 2.05) is 42.5 Å². The van der Waals surface area contributed by atoms with Crippen LogP contribution in [0.4, 0.5) is 23.0 Å². The van der Waals surface area contributed by atoms with Crippen molar-refractivity contribution in [2.45, 2.75) is 6.92 Å². The molecule has 8 heteroatoms. The normalized spacial score (nSPS) is 10.9. The smallest absolute Gasteiger partial charge is 0.161 e. The molecule has 0 spiro atoms. The number of terminal acetylenes is 1. The summed E-state index contributed by atoms with van der Waals surface area (Å²) in [6.45, 7) is 2.06. The number of aromatic amines is 1. The molecule has 0 radical (unpaired) electrons. The molecule has 2 aromatic carbocycles. The summed E-state index contributed by atoms with van der Waals surface area (Å²) in [4.78, 5) is 25.4. The molecule has 36 heavy (non-hydrogen) atoms. The highest BCUT2D eigenvalue weighted by Gasteiger charge is 2.16. The molecule has 172 valence electrons. The molecule has 0 unspecified atom stereocenters. The molecule has 0 bridgehead atoms. The lowest BCUT2D eigenvalue weighted by Gasteiger charge is -2.17. The summed E-state index contributed by atoms with van der Waals surface area (Å²) < 4.78 is 0. The van der Waals surface area contributed by atoms with Gasteiger partial charge in [0.2, 0.25) is 0 Å². The van der Waals surface area contributed by atoms with Crippen LogP contribution >= 0.6 is 0 Å². The first-order valence-electron chi connectivity index (χ1n) is 11.3. The molecule has 0 fully saturated rings. The lowest BCUT2D eigenvalue weighted by molar-refractivity contribution is 1.19. The number of imidazole rings is 1. The fraction of sp³-hybridized carbons (Fsp3) is 0.0357. The summed E-state index contributed by atoms with van der Waals surface area (Å²) >= 11 is 0. The van der Waals surface area contributed by atoms with Crippen molar-refractivity contribution in [2.75, 3.05) is 10.6 Å². The number of nitrogens with one attached hydrogen (secondary N) is 3. The number of anilines is 4. The highest BCUT2D eigenvalue weighted by atomic mass is 15.0. The Morgan fingerprint density at radius 3 is 2.67 bits per heavy atom. The van der Waals surface area contributed by atoms with Crippen molar-refractivity contribution in [3.8, 4) is 23.6 Å². The average molecular weight is 469 g/mol. The summed E-state index contributed by atoms with van der Waals surface area (Å²) in [5.74, 6) is 4.08. The highest BCUT2D eigenvalue weighted by Crippen LogP contribution is 2.36. The van der Waals surface area contributed by atoms with E-state index in [-0.39, 0.29) is 0 Å². The molecule has 4 heterocycles. The molecule has 0 saturated carbocycles. The maximum absolute atomic E-state index is 5.57. The number of pyridine rings is 2. The SMILES string of the molecule is C#Cc1cccc(Nc2nccc3c(Nc4ncccc4-c4ncnc5[nH]cnc45)c(C)ccc23)c1. The molecular weight excluding hydrogens is 448 g/mol. The zero-order chi connectivity index (χ0) is 24.5. The topological polar surface area (TPSA) is 104 Å². The van der Waals surface area contributed by atoms with E-state index in [1.54, 1.807) is 18.7 Å². The first-order chi connectivity index (χ1) is 17.7. The maximum atomic E-state index is 5.57. The Balaban J connectivity index is 1.44. The van der Waals surface area contributed by atoms with Crippen molar-refractivity contribution < 1.29 is 0 Å². The van der Waals surface area contributed by atoms with Crippen molar-refractivity contribution in [3.63, 3.8) is 0 Å². The number of fused-ring (bicyclic) bond motifs is 2. The second kappa shape index (κ2) is 8.81. The van der Waals surface area contributed by atoms with Gasteiger partial charge in [-0.15, -0.1) is 6.42 Å². The summed E-state index contributed by atoms with van der Waals surface area (Å²) in [5.41, 5.74) is 6.57. The van der Waals surface area contributed by atoms with Gasteiger partial charge in [-0.2, -0.15) is 0 Å². The molecule has 0 aliphatic carbocycles. The minimum Gasteiger partial charge on any atom is -0.340 e. The number of aryl methyl sites for hydroxylation is 1. The van der Waals surface area contributed by atoms with E-state index in [4.69, 9.17) is 6.42 Å². The summed E-state index contributed by atoms with van der Waals surface area (Å²) in [6, 6.07) is 17.7. The van der Waals surface area contributed by atoms with Crippen LogP contribution in [0.3, 0.4) is 0 Å². The Morgan fingerprint density at radius 1 is 0.833 bits per heavy atom. The van der Waals surface area contributed by atoms with Crippen LogP contribution in [0.5, 0.6) is 0 Å². The van der Waals surface area contributed by atoms with Crippen molar-refractivity contribution in [2.24, 2.45) is 0 Å². The van der Waals surface area contributed by atoms with Crippen molar-refractivity contribution in [1.29, 1.82) is 0 Å². The third-order valence-electron chi connectivity index (χ3n) is 5.97. The summed E-state index contributed by atoms with van der Waals surface area (Å²) in [7, 11) is 0. The summed E-state index contributed by atoms with van der Waals surface area (Å²) in [5, 5.41) is 8.93. The molecule has 0 aliphatic heterocycles. The zero-order valence-corrected chi connectivity index (χ0v) is 19.3. The van der Waals surface area contributed by atoms with E-state index < -0.39 is 0 Å². The van der Waals surface area contributed by atoms with E-state index in [2.05, 4.69) is 65.5 Å². The second-order valence-electron chi connectivity index (χ2n) is 8.21. The number of aromatic nitrogens is 6. The van der Waals surface area contributed by atoms with Gasteiger partial charge in [-0.05, 0) is 48.9 Å². The highest BCUT2D eigenvalue weighted by molar-refractivity contribution is 6.03. The molecule has 6 aromatic rings.